The average Bonchev–Trinajstić information content (AvgIpc) is 2.58. The molecule has 0 radical (unpaired) electrons. The highest BCUT2D eigenvalue weighted by Crippen LogP contribution is 2.09. The third-order valence-electron chi connectivity index (χ3n) is 2.97. The van der Waals surface area contributed by atoms with Crippen molar-refractivity contribution < 1.29 is 0 Å². The van der Waals surface area contributed by atoms with Crippen LogP contribution in [-0.4, -0.2) is 31.2 Å². The summed E-state index contributed by atoms with van der Waals surface area (Å²) in [6.45, 7) is 4.27. The number of rotatable bonds is 2. The van der Waals surface area contributed by atoms with Crippen LogP contribution in [0.3, 0.4) is 0 Å². The second kappa shape index (κ2) is 8.58. The van der Waals surface area contributed by atoms with Crippen molar-refractivity contribution in [2.75, 3.05) is 31.1 Å². The van der Waals surface area contributed by atoms with Gasteiger partial charge < -0.3 is 10.2 Å². The first-order chi connectivity index (χ1) is 9.90. The van der Waals surface area contributed by atoms with Crippen LogP contribution in [-0.2, 0) is 0 Å². The highest BCUT2D eigenvalue weighted by Gasteiger charge is 2.09. The van der Waals surface area contributed by atoms with E-state index in [9.17, 15) is 0 Å². The molecule has 1 aliphatic heterocycles. The van der Waals surface area contributed by atoms with Crippen LogP contribution in [0, 0.1) is 0 Å². The number of nitrogens with two attached hydrogens (primary N) is 1. The van der Waals surface area contributed by atoms with Gasteiger partial charge in [-0.25, -0.2) is 4.98 Å². The van der Waals surface area contributed by atoms with E-state index in [0.717, 1.165) is 36.9 Å². The second-order valence-electron chi connectivity index (χ2n) is 4.36. The number of nitrogens with zero attached hydrogens (tertiary/aromatic N) is 2. The van der Waals surface area contributed by atoms with Crippen LogP contribution in [0.15, 0.2) is 59.6 Å². The number of anilines is 1. The summed E-state index contributed by atoms with van der Waals surface area (Å²) in [6.07, 6.45) is 1.84. The Labute approximate surface area is 124 Å². The first kappa shape index (κ1) is 14.8. The molecule has 4 nitrogen and oxygen atoms in total. The van der Waals surface area contributed by atoms with Gasteiger partial charge in [0.1, 0.15) is 5.82 Å². The number of aromatic nitrogens is 1. The summed E-state index contributed by atoms with van der Waals surface area (Å²) in [7, 11) is 0. The number of hydrogen-bond acceptors (Lipinski definition) is 5. The smallest absolute Gasteiger partial charge is 0.128 e. The maximum absolute atomic E-state index is 5.27. The van der Waals surface area contributed by atoms with Crippen molar-refractivity contribution in [1.82, 2.24) is 10.3 Å². The van der Waals surface area contributed by atoms with Gasteiger partial charge in [0.25, 0.3) is 0 Å². The fourth-order valence-corrected chi connectivity index (χ4v) is 2.25. The maximum Gasteiger partial charge on any atom is 0.128 e. The van der Waals surface area contributed by atoms with Crippen molar-refractivity contribution in [2.45, 2.75) is 4.90 Å². The van der Waals surface area contributed by atoms with E-state index >= 15 is 0 Å². The number of pyridine rings is 1. The van der Waals surface area contributed by atoms with Gasteiger partial charge >= 0.3 is 0 Å². The maximum atomic E-state index is 5.27. The Morgan fingerprint density at radius 3 is 2.25 bits per heavy atom. The highest BCUT2D eigenvalue weighted by atomic mass is 32.2. The number of piperazine rings is 1. The molecule has 3 N–H and O–H groups in total. The van der Waals surface area contributed by atoms with Crippen molar-refractivity contribution in [2.24, 2.45) is 5.14 Å². The van der Waals surface area contributed by atoms with Crippen molar-refractivity contribution >= 4 is 17.8 Å². The van der Waals surface area contributed by atoms with E-state index in [2.05, 4.69) is 21.3 Å². The van der Waals surface area contributed by atoms with E-state index in [1.165, 1.54) is 11.9 Å². The Kier molecular flexibility index (Phi) is 6.37. The molecule has 20 heavy (non-hydrogen) atoms. The average molecular weight is 288 g/mol. The molecule has 0 bridgehead atoms. The summed E-state index contributed by atoms with van der Waals surface area (Å²) in [5.41, 5.74) is 0. The fourth-order valence-electron chi connectivity index (χ4n) is 1.93. The summed E-state index contributed by atoms with van der Waals surface area (Å²) in [5, 5.41) is 8.58. The van der Waals surface area contributed by atoms with Gasteiger partial charge in [-0.1, -0.05) is 24.3 Å². The van der Waals surface area contributed by atoms with Crippen molar-refractivity contribution in [3.8, 4) is 0 Å². The van der Waals surface area contributed by atoms with Gasteiger partial charge in [0.2, 0.25) is 0 Å². The van der Waals surface area contributed by atoms with Crippen LogP contribution in [0.2, 0.25) is 0 Å². The predicted molar refractivity (Wildman–Crippen MR) is 85.8 cm³/mol. The van der Waals surface area contributed by atoms with Crippen LogP contribution in [0.5, 0.6) is 0 Å². The zero-order valence-electron chi connectivity index (χ0n) is 11.4. The van der Waals surface area contributed by atoms with Crippen LogP contribution in [0.1, 0.15) is 0 Å². The summed E-state index contributed by atoms with van der Waals surface area (Å²) in [4.78, 5) is 7.71. The molecule has 106 valence electrons. The number of benzene rings is 1. The molecule has 0 amide bonds. The normalized spacial score (nSPS) is 14.3. The van der Waals surface area contributed by atoms with Crippen LogP contribution < -0.4 is 15.4 Å². The molecule has 2 heterocycles. The minimum atomic E-state index is 1.07. The fraction of sp³-hybridized carbons (Fsp3) is 0.267. The molecule has 0 aliphatic carbocycles. The molecule has 1 aromatic heterocycles. The second-order valence-corrected chi connectivity index (χ2v) is 5.06. The topological polar surface area (TPSA) is 54.2 Å². The van der Waals surface area contributed by atoms with Gasteiger partial charge in [-0.2, -0.15) is 0 Å². The summed E-state index contributed by atoms with van der Waals surface area (Å²) in [6, 6.07) is 15.9. The van der Waals surface area contributed by atoms with Crippen LogP contribution >= 0.6 is 11.9 Å². The third-order valence-corrected chi connectivity index (χ3v) is 3.51. The van der Waals surface area contributed by atoms with Crippen molar-refractivity contribution in [3.05, 3.63) is 54.7 Å². The number of nitrogens with one attached hydrogen (secondary N) is 1. The summed E-state index contributed by atoms with van der Waals surface area (Å²) < 4.78 is 0. The Morgan fingerprint density at radius 1 is 1.00 bits per heavy atom. The molecular formula is C15H20N4S. The Morgan fingerprint density at radius 2 is 1.70 bits per heavy atom. The van der Waals surface area contributed by atoms with E-state index in [1.807, 2.05) is 48.7 Å². The number of hydrogen-bond donors (Lipinski definition) is 2. The molecule has 1 fully saturated rings. The third kappa shape index (κ3) is 4.85. The van der Waals surface area contributed by atoms with Crippen LogP contribution in [0.25, 0.3) is 0 Å². The largest absolute Gasteiger partial charge is 0.354 e. The lowest BCUT2D eigenvalue weighted by Crippen LogP contribution is -2.43. The molecule has 5 heteroatoms. The van der Waals surface area contributed by atoms with E-state index in [1.54, 1.807) is 0 Å². The summed E-state index contributed by atoms with van der Waals surface area (Å²) in [5.74, 6) is 1.10. The molecule has 3 rings (SSSR count). The molecule has 0 spiro atoms. The SMILES string of the molecule is NSc1ccccc1.c1ccc(N2CCNCC2)nc1. The first-order valence-corrected chi connectivity index (χ1v) is 7.56. The minimum Gasteiger partial charge on any atom is -0.354 e. The molecule has 1 aromatic carbocycles. The van der Waals surface area contributed by atoms with Crippen molar-refractivity contribution in [3.63, 3.8) is 0 Å². The lowest BCUT2D eigenvalue weighted by atomic mass is 10.3. The Balaban J connectivity index is 0.000000160. The Hall–Kier alpha value is -1.56. The van der Waals surface area contributed by atoms with Crippen molar-refractivity contribution in [1.29, 1.82) is 0 Å². The Bertz CT molecular complexity index is 472. The lowest BCUT2D eigenvalue weighted by Gasteiger charge is -2.28. The molecule has 1 saturated heterocycles. The molecule has 1 aliphatic rings. The lowest BCUT2D eigenvalue weighted by molar-refractivity contribution is 0.585. The van der Waals surface area contributed by atoms with E-state index in [-0.39, 0.29) is 0 Å². The zero-order valence-corrected chi connectivity index (χ0v) is 12.2. The summed E-state index contributed by atoms with van der Waals surface area (Å²) >= 11 is 1.27. The van der Waals surface area contributed by atoms with E-state index in [0.29, 0.717) is 0 Å². The highest BCUT2D eigenvalue weighted by molar-refractivity contribution is 7.97. The molecule has 0 unspecified atom stereocenters. The molecule has 0 saturated carbocycles. The van der Waals surface area contributed by atoms with E-state index < -0.39 is 0 Å². The zero-order chi connectivity index (χ0) is 14.0. The standard InChI is InChI=1S/C9H13N3.C6H7NS/c1-2-4-11-9(3-1)12-7-5-10-6-8-12;7-8-6-4-2-1-3-5-6/h1-4,10H,5-8H2;1-5H,7H2. The minimum absolute atomic E-state index is 1.07. The van der Waals surface area contributed by atoms with Gasteiger partial charge in [0.05, 0.1) is 0 Å². The van der Waals surface area contributed by atoms with E-state index in [4.69, 9.17) is 5.14 Å². The monoisotopic (exact) mass is 288 g/mol. The first-order valence-electron chi connectivity index (χ1n) is 6.68. The van der Waals surface area contributed by atoms with Gasteiger partial charge in [-0.3, -0.25) is 5.14 Å². The quantitative estimate of drug-likeness (QED) is 0.829. The van der Waals surface area contributed by atoms with Gasteiger partial charge in [0, 0.05) is 37.3 Å². The van der Waals surface area contributed by atoms with Gasteiger partial charge in [-0.05, 0) is 36.2 Å². The molecule has 2 aromatic rings. The van der Waals surface area contributed by atoms with Gasteiger partial charge in [-0.15, -0.1) is 0 Å². The van der Waals surface area contributed by atoms with Crippen LogP contribution in [0.4, 0.5) is 5.82 Å². The van der Waals surface area contributed by atoms with Gasteiger partial charge in [0.15, 0.2) is 0 Å². The molecular weight excluding hydrogens is 268 g/mol. The predicted octanol–water partition coefficient (Wildman–Crippen LogP) is 2.14. The molecule has 0 atom stereocenters.